The Kier molecular flexibility index (Phi) is 5.37. The Labute approximate surface area is 130 Å². The van der Waals surface area contributed by atoms with Gasteiger partial charge in [-0.3, -0.25) is 9.59 Å². The number of nitrogens with zero attached hydrogens (tertiary/aromatic N) is 1. The van der Waals surface area contributed by atoms with Gasteiger partial charge < -0.3 is 5.32 Å². The number of nitrogens with one attached hydrogen (secondary N) is 2. The van der Waals surface area contributed by atoms with Gasteiger partial charge in [-0.2, -0.15) is 5.10 Å². The van der Waals surface area contributed by atoms with Crippen LogP contribution >= 0.6 is 11.3 Å². The van der Waals surface area contributed by atoms with Crippen molar-refractivity contribution in [2.45, 2.75) is 13.3 Å². The highest BCUT2D eigenvalue weighted by Crippen LogP contribution is 2.10. The van der Waals surface area contributed by atoms with Gasteiger partial charge in [0.05, 0.1) is 11.3 Å². The maximum atomic E-state index is 13.0. The fourth-order valence-corrected chi connectivity index (χ4v) is 2.27. The minimum absolute atomic E-state index is 0.00122. The molecule has 5 nitrogen and oxygen atoms in total. The summed E-state index contributed by atoms with van der Waals surface area (Å²) in [4.78, 5) is 24.0. The third kappa shape index (κ3) is 4.78. The van der Waals surface area contributed by atoms with E-state index in [2.05, 4.69) is 15.8 Å². The zero-order chi connectivity index (χ0) is 15.9. The van der Waals surface area contributed by atoms with Crippen LogP contribution in [-0.2, 0) is 4.79 Å². The molecule has 2 amide bonds. The molecule has 2 N–H and O–H groups in total. The van der Waals surface area contributed by atoms with Crippen molar-refractivity contribution >= 4 is 34.6 Å². The summed E-state index contributed by atoms with van der Waals surface area (Å²) in [5.74, 6) is -1.08. The van der Waals surface area contributed by atoms with Gasteiger partial charge >= 0.3 is 0 Å². The molecular formula is C15H14FN3O2S. The number of amides is 2. The Morgan fingerprint density at radius 1 is 1.27 bits per heavy atom. The summed E-state index contributed by atoms with van der Waals surface area (Å²) in [5, 5.41) is 8.22. The first kappa shape index (κ1) is 15.8. The van der Waals surface area contributed by atoms with Crippen molar-refractivity contribution in [3.05, 3.63) is 52.5 Å². The molecule has 0 aliphatic heterocycles. The Morgan fingerprint density at radius 2 is 2.09 bits per heavy atom. The van der Waals surface area contributed by atoms with Gasteiger partial charge in [0.15, 0.2) is 0 Å². The lowest BCUT2D eigenvalue weighted by Gasteiger charge is -2.05. The van der Waals surface area contributed by atoms with Gasteiger partial charge in [-0.1, -0.05) is 12.1 Å². The van der Waals surface area contributed by atoms with E-state index in [0.717, 1.165) is 0 Å². The highest BCUT2D eigenvalue weighted by atomic mass is 32.1. The van der Waals surface area contributed by atoms with Gasteiger partial charge in [0.25, 0.3) is 5.91 Å². The Hall–Kier alpha value is -2.54. The van der Waals surface area contributed by atoms with Crippen molar-refractivity contribution in [1.29, 1.82) is 0 Å². The second-order valence-corrected chi connectivity index (χ2v) is 5.45. The molecular weight excluding hydrogens is 305 g/mol. The van der Waals surface area contributed by atoms with Crippen LogP contribution in [0.5, 0.6) is 0 Å². The van der Waals surface area contributed by atoms with Crippen molar-refractivity contribution in [2.75, 3.05) is 5.32 Å². The number of rotatable bonds is 5. The predicted molar refractivity (Wildman–Crippen MR) is 84.5 cm³/mol. The van der Waals surface area contributed by atoms with Gasteiger partial charge in [-0.05, 0) is 36.6 Å². The minimum Gasteiger partial charge on any atom is -0.326 e. The third-order valence-electron chi connectivity index (χ3n) is 2.62. The fourth-order valence-electron chi connectivity index (χ4n) is 1.65. The summed E-state index contributed by atoms with van der Waals surface area (Å²) in [5.41, 5.74) is 3.20. The molecule has 114 valence electrons. The molecule has 1 aromatic heterocycles. The van der Waals surface area contributed by atoms with E-state index in [-0.39, 0.29) is 18.2 Å². The highest BCUT2D eigenvalue weighted by molar-refractivity contribution is 7.12. The second kappa shape index (κ2) is 7.46. The van der Waals surface area contributed by atoms with Crippen molar-refractivity contribution in [2.24, 2.45) is 5.10 Å². The SMILES string of the molecule is C/C(CC(=O)Nc1cccc(F)c1)=N/NC(=O)c1cccs1. The maximum absolute atomic E-state index is 13.0. The van der Waals surface area contributed by atoms with Gasteiger partial charge in [0, 0.05) is 11.4 Å². The van der Waals surface area contributed by atoms with Crippen molar-refractivity contribution in [1.82, 2.24) is 5.43 Å². The summed E-state index contributed by atoms with van der Waals surface area (Å²) in [7, 11) is 0. The van der Waals surface area contributed by atoms with E-state index in [1.54, 1.807) is 30.5 Å². The number of carbonyl (C=O) groups excluding carboxylic acids is 2. The summed E-state index contributed by atoms with van der Waals surface area (Å²) in [6, 6.07) is 9.06. The summed E-state index contributed by atoms with van der Waals surface area (Å²) in [6.07, 6.45) is 0.00122. The van der Waals surface area contributed by atoms with Crippen LogP contribution in [0.1, 0.15) is 23.0 Å². The molecule has 1 aromatic carbocycles. The molecule has 0 atom stereocenters. The third-order valence-corrected chi connectivity index (χ3v) is 3.49. The molecule has 0 saturated heterocycles. The monoisotopic (exact) mass is 319 g/mol. The molecule has 0 spiro atoms. The van der Waals surface area contributed by atoms with Crippen LogP contribution in [0.3, 0.4) is 0 Å². The molecule has 0 saturated carbocycles. The van der Waals surface area contributed by atoms with Crippen LogP contribution in [-0.4, -0.2) is 17.5 Å². The van der Waals surface area contributed by atoms with E-state index in [1.165, 1.54) is 29.5 Å². The number of halogens is 1. The minimum atomic E-state index is -0.425. The maximum Gasteiger partial charge on any atom is 0.281 e. The molecule has 7 heteroatoms. The number of hydrazone groups is 1. The number of thiophene rings is 1. The molecule has 22 heavy (non-hydrogen) atoms. The zero-order valence-electron chi connectivity index (χ0n) is 11.8. The lowest BCUT2D eigenvalue weighted by Crippen LogP contribution is -2.20. The van der Waals surface area contributed by atoms with E-state index in [9.17, 15) is 14.0 Å². The molecule has 0 unspecified atom stereocenters. The van der Waals surface area contributed by atoms with Gasteiger partial charge in [0.1, 0.15) is 5.82 Å². The quantitative estimate of drug-likeness (QED) is 0.657. The Morgan fingerprint density at radius 3 is 2.77 bits per heavy atom. The zero-order valence-corrected chi connectivity index (χ0v) is 12.6. The average molecular weight is 319 g/mol. The van der Waals surface area contributed by atoms with Crippen LogP contribution in [0.4, 0.5) is 10.1 Å². The van der Waals surface area contributed by atoms with Crippen LogP contribution in [0.15, 0.2) is 46.9 Å². The van der Waals surface area contributed by atoms with E-state index in [1.807, 2.05) is 0 Å². The van der Waals surface area contributed by atoms with E-state index < -0.39 is 5.82 Å². The predicted octanol–water partition coefficient (Wildman–Crippen LogP) is 3.02. The summed E-state index contributed by atoms with van der Waals surface area (Å²) < 4.78 is 13.0. The van der Waals surface area contributed by atoms with Crippen molar-refractivity contribution in [3.8, 4) is 0 Å². The molecule has 0 aliphatic rings. The van der Waals surface area contributed by atoms with E-state index in [0.29, 0.717) is 16.3 Å². The number of hydrogen-bond donors (Lipinski definition) is 2. The number of anilines is 1. The fraction of sp³-hybridized carbons (Fsp3) is 0.133. The Balaban J connectivity index is 1.85. The van der Waals surface area contributed by atoms with Crippen molar-refractivity contribution in [3.63, 3.8) is 0 Å². The van der Waals surface area contributed by atoms with E-state index in [4.69, 9.17) is 0 Å². The summed E-state index contributed by atoms with van der Waals surface area (Å²) >= 11 is 1.30. The number of carbonyl (C=O) groups is 2. The Bertz CT molecular complexity index is 699. The molecule has 0 bridgehead atoms. The molecule has 2 aromatic rings. The van der Waals surface area contributed by atoms with Gasteiger partial charge in [-0.25, -0.2) is 9.82 Å². The van der Waals surface area contributed by atoms with Crippen LogP contribution in [0.2, 0.25) is 0 Å². The normalized spacial score (nSPS) is 11.1. The lowest BCUT2D eigenvalue weighted by atomic mass is 10.2. The molecule has 0 fully saturated rings. The molecule has 1 heterocycles. The van der Waals surface area contributed by atoms with Gasteiger partial charge in [-0.15, -0.1) is 11.3 Å². The molecule has 0 aliphatic carbocycles. The first-order valence-corrected chi connectivity index (χ1v) is 7.35. The highest BCUT2D eigenvalue weighted by Gasteiger charge is 2.07. The van der Waals surface area contributed by atoms with Gasteiger partial charge in [0.2, 0.25) is 5.91 Å². The van der Waals surface area contributed by atoms with E-state index >= 15 is 0 Å². The largest absolute Gasteiger partial charge is 0.326 e. The van der Waals surface area contributed by atoms with Crippen LogP contribution < -0.4 is 10.7 Å². The van der Waals surface area contributed by atoms with Crippen LogP contribution in [0, 0.1) is 5.82 Å². The van der Waals surface area contributed by atoms with Crippen molar-refractivity contribution < 1.29 is 14.0 Å². The lowest BCUT2D eigenvalue weighted by molar-refractivity contribution is -0.115. The smallest absolute Gasteiger partial charge is 0.281 e. The average Bonchev–Trinajstić information content (AvgIpc) is 2.98. The second-order valence-electron chi connectivity index (χ2n) is 4.50. The van der Waals surface area contributed by atoms with Crippen LogP contribution in [0.25, 0.3) is 0 Å². The first-order valence-electron chi connectivity index (χ1n) is 6.47. The summed E-state index contributed by atoms with van der Waals surface area (Å²) in [6.45, 7) is 1.62. The number of hydrogen-bond acceptors (Lipinski definition) is 4. The topological polar surface area (TPSA) is 70.6 Å². The standard InChI is InChI=1S/C15H14FN3O2S/c1-10(18-19-15(21)13-6-3-7-22-13)8-14(20)17-12-5-2-4-11(16)9-12/h2-7,9H,8H2,1H3,(H,17,20)(H,19,21)/b18-10-. The number of benzene rings is 1. The first-order chi connectivity index (χ1) is 10.5. The molecule has 2 rings (SSSR count). The molecule has 0 radical (unpaired) electrons.